The molecule has 0 aromatic rings. The third-order valence-electron chi connectivity index (χ3n) is 4.82. The van der Waals surface area contributed by atoms with E-state index in [1.54, 1.807) is 13.8 Å². The van der Waals surface area contributed by atoms with Crippen LogP contribution in [0.15, 0.2) is 0 Å². The molecule has 0 aliphatic carbocycles. The molecule has 6 N–H and O–H groups in total. The van der Waals surface area contributed by atoms with Gasteiger partial charge in [0.2, 0.25) is 17.7 Å². The zero-order chi connectivity index (χ0) is 22.9. The number of hydrogen-bond acceptors (Lipinski definition) is 5. The van der Waals surface area contributed by atoms with Crippen molar-refractivity contribution in [1.29, 1.82) is 0 Å². The highest BCUT2D eigenvalue weighted by atomic mass is 31.2. The summed E-state index contributed by atoms with van der Waals surface area (Å²) in [6.45, 7) is 8.53. The number of nitrogens with two attached hydrogens (primary N) is 1. The number of carbonyl (C=O) groups excluding carboxylic acids is 3. The van der Waals surface area contributed by atoms with Gasteiger partial charge in [0, 0.05) is 7.05 Å². The predicted molar refractivity (Wildman–Crippen MR) is 111 cm³/mol. The smallest absolute Gasteiger partial charge is 0.343 e. The molecule has 0 spiro atoms. The molecule has 0 aliphatic heterocycles. The minimum atomic E-state index is -4.51. The number of amides is 3. The van der Waals surface area contributed by atoms with Gasteiger partial charge in [-0.15, -0.1) is 0 Å². The van der Waals surface area contributed by atoms with E-state index >= 15 is 0 Å². The standard InChI is InChI=1S/C18H37N4O6P/c1-7-9-13(20-17(24)15(19)11(3)4)16(23)21-14(10-8-2)18(25)22(6)12(5)29(26,27)28/h11-15H,7-10,19H2,1-6H3,(H,20,24)(H,21,23)(H2,26,27,28)/t12-,13+,14+,15+/m1/s1. The summed E-state index contributed by atoms with van der Waals surface area (Å²) in [5.74, 6) is -2.99. The minimum absolute atomic E-state index is 0.0995. The van der Waals surface area contributed by atoms with Crippen molar-refractivity contribution in [2.24, 2.45) is 11.7 Å². The fourth-order valence-electron chi connectivity index (χ4n) is 2.60. The van der Waals surface area contributed by atoms with Gasteiger partial charge in [0.05, 0.1) is 6.04 Å². The molecule has 0 fully saturated rings. The topological polar surface area (TPSA) is 162 Å². The number of rotatable bonds is 12. The lowest BCUT2D eigenvalue weighted by molar-refractivity contribution is -0.137. The van der Waals surface area contributed by atoms with Crippen LogP contribution in [0.2, 0.25) is 0 Å². The van der Waals surface area contributed by atoms with Gasteiger partial charge in [-0.2, -0.15) is 0 Å². The summed E-state index contributed by atoms with van der Waals surface area (Å²) in [6.07, 6.45) is 1.85. The maximum Gasteiger partial charge on any atom is 0.347 e. The first kappa shape index (κ1) is 27.5. The monoisotopic (exact) mass is 436 g/mol. The average molecular weight is 436 g/mol. The van der Waals surface area contributed by atoms with Gasteiger partial charge in [-0.25, -0.2) is 0 Å². The van der Waals surface area contributed by atoms with E-state index in [1.807, 2.05) is 13.8 Å². The average Bonchev–Trinajstić information content (AvgIpc) is 2.63. The highest BCUT2D eigenvalue weighted by Crippen LogP contribution is 2.42. The Labute approximate surface area is 173 Å². The van der Waals surface area contributed by atoms with Gasteiger partial charge in [0.1, 0.15) is 17.9 Å². The van der Waals surface area contributed by atoms with Crippen LogP contribution in [0.25, 0.3) is 0 Å². The molecule has 170 valence electrons. The Morgan fingerprint density at radius 1 is 0.966 bits per heavy atom. The number of carbonyl (C=O) groups is 3. The maximum atomic E-state index is 12.7. The van der Waals surface area contributed by atoms with Gasteiger partial charge < -0.3 is 31.1 Å². The molecule has 0 aromatic carbocycles. The number of nitrogens with zero attached hydrogens (tertiary/aromatic N) is 1. The highest BCUT2D eigenvalue weighted by molar-refractivity contribution is 7.52. The summed E-state index contributed by atoms with van der Waals surface area (Å²) < 4.78 is 11.5. The predicted octanol–water partition coefficient (Wildman–Crippen LogP) is 0.522. The van der Waals surface area contributed by atoms with Crippen LogP contribution in [0.5, 0.6) is 0 Å². The van der Waals surface area contributed by atoms with Crippen molar-refractivity contribution in [2.45, 2.75) is 84.2 Å². The summed E-state index contributed by atoms with van der Waals surface area (Å²) in [5.41, 5.74) is 5.84. The van der Waals surface area contributed by atoms with Crippen molar-refractivity contribution >= 4 is 25.3 Å². The zero-order valence-corrected chi connectivity index (χ0v) is 19.1. The number of nitrogens with one attached hydrogen (secondary N) is 2. The van der Waals surface area contributed by atoms with E-state index in [4.69, 9.17) is 5.73 Å². The Morgan fingerprint density at radius 3 is 1.83 bits per heavy atom. The van der Waals surface area contributed by atoms with Gasteiger partial charge in [-0.1, -0.05) is 40.5 Å². The SMILES string of the molecule is CCC[C@H](NC(=O)[C@@H](N)C(C)C)C(=O)N[C@@H](CCC)C(=O)N(C)[C@@H](C)P(=O)(O)O. The van der Waals surface area contributed by atoms with Crippen molar-refractivity contribution in [1.82, 2.24) is 15.5 Å². The van der Waals surface area contributed by atoms with Gasteiger partial charge in [-0.05, 0) is 25.7 Å². The minimum Gasteiger partial charge on any atom is -0.343 e. The first-order valence-corrected chi connectivity index (χ1v) is 11.6. The normalized spacial score (nSPS) is 15.9. The molecule has 0 unspecified atom stereocenters. The fourth-order valence-corrected chi connectivity index (χ4v) is 3.17. The van der Waals surface area contributed by atoms with E-state index in [9.17, 15) is 28.7 Å². The van der Waals surface area contributed by atoms with E-state index in [1.165, 1.54) is 14.0 Å². The molecule has 0 aliphatic rings. The van der Waals surface area contributed by atoms with E-state index in [0.29, 0.717) is 25.7 Å². The molecule has 29 heavy (non-hydrogen) atoms. The Morgan fingerprint density at radius 2 is 1.41 bits per heavy atom. The van der Waals surface area contributed by atoms with Gasteiger partial charge in [-0.3, -0.25) is 18.9 Å². The number of likely N-dealkylation sites (N-methyl/N-ethyl adjacent to an activating group) is 1. The molecule has 0 saturated heterocycles. The molecule has 0 rings (SSSR count). The summed E-state index contributed by atoms with van der Waals surface area (Å²) in [6, 6.07) is -2.57. The summed E-state index contributed by atoms with van der Waals surface area (Å²) in [4.78, 5) is 57.3. The molecule has 0 bridgehead atoms. The highest BCUT2D eigenvalue weighted by Gasteiger charge is 2.35. The van der Waals surface area contributed by atoms with Crippen LogP contribution in [0.4, 0.5) is 0 Å². The van der Waals surface area contributed by atoms with Crippen molar-refractivity contribution in [3.8, 4) is 0 Å². The van der Waals surface area contributed by atoms with Crippen LogP contribution < -0.4 is 16.4 Å². The quantitative estimate of drug-likeness (QED) is 0.279. The summed E-state index contributed by atoms with van der Waals surface area (Å²) in [5, 5.41) is 5.26. The second kappa shape index (κ2) is 12.3. The van der Waals surface area contributed by atoms with E-state index in [0.717, 1.165) is 4.90 Å². The summed E-state index contributed by atoms with van der Waals surface area (Å²) >= 11 is 0. The van der Waals surface area contributed by atoms with Crippen LogP contribution in [0.3, 0.4) is 0 Å². The van der Waals surface area contributed by atoms with Gasteiger partial charge in [0.25, 0.3) is 0 Å². The van der Waals surface area contributed by atoms with Crippen molar-refractivity contribution in [3.63, 3.8) is 0 Å². The lowest BCUT2D eigenvalue weighted by Crippen LogP contribution is -2.57. The lowest BCUT2D eigenvalue weighted by Gasteiger charge is -2.30. The van der Waals surface area contributed by atoms with Crippen molar-refractivity contribution in [3.05, 3.63) is 0 Å². The molecule has 10 nitrogen and oxygen atoms in total. The van der Waals surface area contributed by atoms with Gasteiger partial charge >= 0.3 is 7.60 Å². The Kier molecular flexibility index (Phi) is 11.6. The van der Waals surface area contributed by atoms with E-state index in [2.05, 4.69) is 10.6 Å². The molecule has 3 amide bonds. The second-order valence-corrected chi connectivity index (χ2v) is 9.57. The van der Waals surface area contributed by atoms with Crippen molar-refractivity contribution < 1.29 is 28.7 Å². The first-order valence-electron chi connectivity index (χ1n) is 9.95. The van der Waals surface area contributed by atoms with Crippen LogP contribution in [-0.2, 0) is 18.9 Å². The molecule has 0 saturated carbocycles. The molecule has 4 atom stereocenters. The van der Waals surface area contributed by atoms with Crippen LogP contribution in [-0.4, -0.2) is 63.4 Å². The molecular weight excluding hydrogens is 399 g/mol. The largest absolute Gasteiger partial charge is 0.347 e. The Bertz CT molecular complexity index is 609. The second-order valence-electron chi connectivity index (χ2n) is 7.64. The van der Waals surface area contributed by atoms with E-state index < -0.39 is 49.2 Å². The molecule has 0 radical (unpaired) electrons. The third kappa shape index (κ3) is 8.82. The third-order valence-corrected chi connectivity index (χ3v) is 6.14. The van der Waals surface area contributed by atoms with Crippen LogP contribution in [0.1, 0.15) is 60.3 Å². The molecule has 11 heteroatoms. The van der Waals surface area contributed by atoms with Crippen molar-refractivity contribution in [2.75, 3.05) is 7.05 Å². The molecular formula is C18H37N4O6P. The van der Waals surface area contributed by atoms with E-state index in [-0.39, 0.29) is 5.92 Å². The lowest BCUT2D eigenvalue weighted by atomic mass is 10.0. The number of hydrogen-bond donors (Lipinski definition) is 5. The molecule has 0 heterocycles. The summed E-state index contributed by atoms with van der Waals surface area (Å²) in [7, 11) is -3.22. The first-order chi connectivity index (χ1) is 13.3. The van der Waals surface area contributed by atoms with Crippen LogP contribution >= 0.6 is 7.60 Å². The maximum absolute atomic E-state index is 12.7. The molecule has 0 aromatic heterocycles. The zero-order valence-electron chi connectivity index (χ0n) is 18.2. The Balaban J connectivity index is 5.35. The Hall–Kier alpha value is -1.48. The van der Waals surface area contributed by atoms with Crippen LogP contribution in [0, 0.1) is 5.92 Å². The fraction of sp³-hybridized carbons (Fsp3) is 0.833. The van der Waals surface area contributed by atoms with Gasteiger partial charge in [0.15, 0.2) is 0 Å².